The Morgan fingerprint density at radius 1 is 1.00 bits per heavy atom. The largest absolute Gasteiger partial charge is 0.399 e. The zero-order valence-electron chi connectivity index (χ0n) is 13.5. The first-order valence-electron chi connectivity index (χ1n) is 8.46. The Bertz CT molecular complexity index is 498. The molecule has 0 saturated carbocycles. The summed E-state index contributed by atoms with van der Waals surface area (Å²) < 4.78 is 0. The van der Waals surface area contributed by atoms with Gasteiger partial charge in [-0.2, -0.15) is 0 Å². The number of nitrogens with two attached hydrogens (primary N) is 1. The summed E-state index contributed by atoms with van der Waals surface area (Å²) >= 11 is 0. The predicted molar refractivity (Wildman–Crippen MR) is 89.6 cm³/mol. The SMILES string of the molecule is CN1CCC(C(=O)N2CCC(c3ccc(N)cc3)CC2)CC1. The van der Waals surface area contributed by atoms with E-state index in [1.165, 1.54) is 5.56 Å². The van der Waals surface area contributed by atoms with Crippen molar-refractivity contribution < 1.29 is 4.79 Å². The average Bonchev–Trinajstić information content (AvgIpc) is 2.56. The molecule has 0 spiro atoms. The summed E-state index contributed by atoms with van der Waals surface area (Å²) in [6.07, 6.45) is 4.19. The molecule has 2 fully saturated rings. The molecule has 0 atom stereocenters. The van der Waals surface area contributed by atoms with Crippen LogP contribution < -0.4 is 5.73 Å². The van der Waals surface area contributed by atoms with E-state index in [4.69, 9.17) is 5.73 Å². The van der Waals surface area contributed by atoms with Crippen LogP contribution in [0.15, 0.2) is 24.3 Å². The summed E-state index contributed by atoms with van der Waals surface area (Å²) in [5, 5.41) is 0. The van der Waals surface area contributed by atoms with Gasteiger partial charge in [-0.1, -0.05) is 12.1 Å². The molecule has 3 rings (SSSR count). The Morgan fingerprint density at radius 2 is 1.59 bits per heavy atom. The van der Waals surface area contributed by atoms with Gasteiger partial charge in [0.2, 0.25) is 5.91 Å². The van der Waals surface area contributed by atoms with E-state index in [1.54, 1.807) is 0 Å². The van der Waals surface area contributed by atoms with Gasteiger partial charge in [-0.15, -0.1) is 0 Å². The summed E-state index contributed by atoms with van der Waals surface area (Å²) in [5.74, 6) is 1.22. The van der Waals surface area contributed by atoms with E-state index in [1.807, 2.05) is 12.1 Å². The molecule has 0 aliphatic carbocycles. The first-order chi connectivity index (χ1) is 10.6. The average molecular weight is 301 g/mol. The van der Waals surface area contributed by atoms with E-state index in [0.717, 1.165) is 57.5 Å². The van der Waals surface area contributed by atoms with Crippen molar-refractivity contribution in [2.24, 2.45) is 5.92 Å². The Hall–Kier alpha value is -1.55. The minimum absolute atomic E-state index is 0.254. The number of likely N-dealkylation sites (tertiary alicyclic amines) is 2. The van der Waals surface area contributed by atoms with E-state index in [0.29, 0.717) is 11.8 Å². The Labute approximate surface area is 133 Å². The summed E-state index contributed by atoms with van der Waals surface area (Å²) in [4.78, 5) is 17.1. The number of rotatable bonds is 2. The maximum Gasteiger partial charge on any atom is 0.225 e. The van der Waals surface area contributed by atoms with Crippen LogP contribution >= 0.6 is 0 Å². The monoisotopic (exact) mass is 301 g/mol. The number of nitrogens with zero attached hydrogens (tertiary/aromatic N) is 2. The number of nitrogen functional groups attached to an aromatic ring is 1. The summed E-state index contributed by atoms with van der Waals surface area (Å²) in [6, 6.07) is 8.22. The smallest absolute Gasteiger partial charge is 0.225 e. The van der Waals surface area contributed by atoms with Crippen LogP contribution in [0.25, 0.3) is 0 Å². The molecule has 22 heavy (non-hydrogen) atoms. The first kappa shape index (κ1) is 15.3. The lowest BCUT2D eigenvalue weighted by Crippen LogP contribution is -2.44. The standard InChI is InChI=1S/C18H27N3O/c1-20-10-6-16(7-11-20)18(22)21-12-8-15(9-13-21)14-2-4-17(19)5-3-14/h2-5,15-16H,6-13,19H2,1H3. The molecule has 1 amide bonds. The van der Waals surface area contributed by atoms with Crippen LogP contribution in [0.4, 0.5) is 5.69 Å². The molecule has 4 nitrogen and oxygen atoms in total. The molecule has 2 N–H and O–H groups in total. The summed E-state index contributed by atoms with van der Waals surface area (Å²) in [7, 11) is 2.14. The molecule has 2 saturated heterocycles. The maximum absolute atomic E-state index is 12.6. The second-order valence-electron chi connectivity index (χ2n) is 6.84. The van der Waals surface area contributed by atoms with Gasteiger partial charge in [-0.3, -0.25) is 4.79 Å². The lowest BCUT2D eigenvalue weighted by atomic mass is 9.88. The van der Waals surface area contributed by atoms with Crippen LogP contribution in [-0.4, -0.2) is 48.9 Å². The maximum atomic E-state index is 12.6. The molecule has 4 heteroatoms. The fourth-order valence-corrected chi connectivity index (χ4v) is 3.72. The second kappa shape index (κ2) is 6.69. The van der Waals surface area contributed by atoms with Gasteiger partial charge in [0.25, 0.3) is 0 Å². The van der Waals surface area contributed by atoms with Crippen molar-refractivity contribution >= 4 is 11.6 Å². The second-order valence-corrected chi connectivity index (χ2v) is 6.84. The minimum Gasteiger partial charge on any atom is -0.399 e. The van der Waals surface area contributed by atoms with Gasteiger partial charge in [0.15, 0.2) is 0 Å². The summed E-state index contributed by atoms with van der Waals surface area (Å²) in [6.45, 7) is 3.91. The molecule has 0 aromatic heterocycles. The number of amides is 1. The number of anilines is 1. The van der Waals surface area contributed by atoms with Gasteiger partial charge >= 0.3 is 0 Å². The van der Waals surface area contributed by atoms with Gasteiger partial charge in [0, 0.05) is 24.7 Å². The predicted octanol–water partition coefficient (Wildman–Crippen LogP) is 2.32. The van der Waals surface area contributed by atoms with E-state index in [2.05, 4.69) is 29.0 Å². The third-order valence-corrected chi connectivity index (χ3v) is 5.28. The molecule has 1 aromatic rings. The third-order valence-electron chi connectivity index (χ3n) is 5.28. The molecule has 0 radical (unpaired) electrons. The molecular formula is C18H27N3O. The van der Waals surface area contributed by atoms with Gasteiger partial charge in [-0.25, -0.2) is 0 Å². The van der Waals surface area contributed by atoms with Crippen molar-refractivity contribution in [3.8, 4) is 0 Å². The van der Waals surface area contributed by atoms with Crippen molar-refractivity contribution in [3.63, 3.8) is 0 Å². The molecule has 0 unspecified atom stereocenters. The Morgan fingerprint density at radius 3 is 2.18 bits per heavy atom. The minimum atomic E-state index is 0.254. The molecule has 2 aliphatic heterocycles. The van der Waals surface area contributed by atoms with Crippen LogP contribution in [-0.2, 0) is 4.79 Å². The molecule has 2 heterocycles. The fourth-order valence-electron chi connectivity index (χ4n) is 3.72. The molecular weight excluding hydrogens is 274 g/mol. The Kier molecular flexibility index (Phi) is 4.67. The van der Waals surface area contributed by atoms with Gasteiger partial charge in [-0.05, 0) is 69.4 Å². The number of hydrogen-bond donors (Lipinski definition) is 1. The van der Waals surface area contributed by atoms with Crippen molar-refractivity contribution in [1.82, 2.24) is 9.80 Å². The first-order valence-corrected chi connectivity index (χ1v) is 8.46. The fraction of sp³-hybridized carbons (Fsp3) is 0.611. The van der Waals surface area contributed by atoms with E-state index >= 15 is 0 Å². The summed E-state index contributed by atoms with van der Waals surface area (Å²) in [5.41, 5.74) is 7.93. The third kappa shape index (κ3) is 3.43. The number of carbonyl (C=O) groups excluding carboxylic acids is 1. The van der Waals surface area contributed by atoms with Crippen molar-refractivity contribution in [3.05, 3.63) is 29.8 Å². The normalized spacial score (nSPS) is 22.0. The number of carbonyl (C=O) groups is 1. The zero-order chi connectivity index (χ0) is 15.5. The quantitative estimate of drug-likeness (QED) is 0.853. The van der Waals surface area contributed by atoms with E-state index in [9.17, 15) is 4.79 Å². The number of hydrogen-bond acceptors (Lipinski definition) is 3. The van der Waals surface area contributed by atoms with Crippen molar-refractivity contribution in [1.29, 1.82) is 0 Å². The van der Waals surface area contributed by atoms with Crippen LogP contribution in [0.3, 0.4) is 0 Å². The van der Waals surface area contributed by atoms with Gasteiger partial charge in [0.1, 0.15) is 0 Å². The Balaban J connectivity index is 1.53. The van der Waals surface area contributed by atoms with E-state index in [-0.39, 0.29) is 5.92 Å². The van der Waals surface area contributed by atoms with Crippen molar-refractivity contribution in [2.45, 2.75) is 31.6 Å². The van der Waals surface area contributed by atoms with Crippen molar-refractivity contribution in [2.75, 3.05) is 39.0 Å². The van der Waals surface area contributed by atoms with Gasteiger partial charge in [0.05, 0.1) is 0 Å². The molecule has 2 aliphatic rings. The van der Waals surface area contributed by atoms with Crippen LogP contribution in [0, 0.1) is 5.92 Å². The van der Waals surface area contributed by atoms with Crippen LogP contribution in [0.2, 0.25) is 0 Å². The molecule has 0 bridgehead atoms. The highest BCUT2D eigenvalue weighted by Crippen LogP contribution is 2.30. The highest BCUT2D eigenvalue weighted by Gasteiger charge is 2.30. The number of piperidine rings is 2. The molecule has 120 valence electrons. The van der Waals surface area contributed by atoms with E-state index < -0.39 is 0 Å². The van der Waals surface area contributed by atoms with Crippen LogP contribution in [0.1, 0.15) is 37.2 Å². The highest BCUT2D eigenvalue weighted by molar-refractivity contribution is 5.79. The molecule has 1 aromatic carbocycles. The number of benzene rings is 1. The van der Waals surface area contributed by atoms with Crippen LogP contribution in [0.5, 0.6) is 0 Å². The lowest BCUT2D eigenvalue weighted by molar-refractivity contribution is -0.138. The topological polar surface area (TPSA) is 49.6 Å². The lowest BCUT2D eigenvalue weighted by Gasteiger charge is -2.36. The highest BCUT2D eigenvalue weighted by atomic mass is 16.2. The van der Waals surface area contributed by atoms with Gasteiger partial charge < -0.3 is 15.5 Å². The zero-order valence-corrected chi connectivity index (χ0v) is 13.5.